The van der Waals surface area contributed by atoms with Gasteiger partial charge in [-0.3, -0.25) is 0 Å². The second-order valence-corrected chi connectivity index (χ2v) is 6.41. The Hall–Kier alpha value is -2.29. The molecule has 3 aromatic heterocycles. The van der Waals surface area contributed by atoms with Crippen LogP contribution >= 0.6 is 11.8 Å². The topological polar surface area (TPSA) is 69.6 Å². The van der Waals surface area contributed by atoms with Crippen LogP contribution in [0.5, 0.6) is 0 Å². The Kier molecular flexibility index (Phi) is 4.12. The summed E-state index contributed by atoms with van der Waals surface area (Å²) in [7, 11) is 1.70. The van der Waals surface area contributed by atoms with E-state index in [4.69, 9.17) is 5.73 Å². The summed E-state index contributed by atoms with van der Waals surface area (Å²) in [6, 6.07) is 2.78. The average molecular weight is 353 g/mol. The molecule has 0 aliphatic heterocycles. The smallest absolute Gasteiger partial charge is 0.397 e. The largest absolute Gasteiger partial charge is 0.417 e. The van der Waals surface area contributed by atoms with E-state index in [-0.39, 0.29) is 5.52 Å². The highest BCUT2D eigenvalue weighted by molar-refractivity contribution is 7.99. The van der Waals surface area contributed by atoms with Crippen molar-refractivity contribution in [2.45, 2.75) is 18.0 Å². The van der Waals surface area contributed by atoms with Crippen LogP contribution in [-0.4, -0.2) is 25.3 Å². The molecule has 0 saturated heterocycles. The first kappa shape index (κ1) is 16.6. The van der Waals surface area contributed by atoms with Gasteiger partial charge in [0.15, 0.2) is 11.5 Å². The van der Waals surface area contributed by atoms with Gasteiger partial charge in [-0.05, 0) is 17.9 Å². The van der Waals surface area contributed by atoms with Gasteiger partial charge in [-0.1, -0.05) is 6.92 Å². The van der Waals surface area contributed by atoms with Gasteiger partial charge >= 0.3 is 6.18 Å². The molecule has 0 aliphatic rings. The number of hydrogen-bond acceptors (Lipinski definition) is 5. The van der Waals surface area contributed by atoms with Gasteiger partial charge in [-0.2, -0.15) is 13.2 Å². The number of imidazole rings is 1. The van der Waals surface area contributed by atoms with Gasteiger partial charge in [0.25, 0.3) is 0 Å². The fourth-order valence-corrected chi connectivity index (χ4v) is 3.15. The Balaban J connectivity index is 2.19. The first-order chi connectivity index (χ1) is 11.3. The third kappa shape index (κ3) is 2.91. The number of nitrogens with zero attached hydrogens (tertiary/aromatic N) is 4. The molecule has 0 unspecified atom stereocenters. The molecule has 3 aromatic rings. The van der Waals surface area contributed by atoms with Crippen molar-refractivity contribution in [1.29, 1.82) is 0 Å². The first-order valence-corrected chi connectivity index (χ1v) is 8.08. The van der Waals surface area contributed by atoms with Gasteiger partial charge in [0.2, 0.25) is 0 Å². The summed E-state index contributed by atoms with van der Waals surface area (Å²) in [5, 5.41) is 0. The summed E-state index contributed by atoms with van der Waals surface area (Å²) in [6.45, 7) is 1.99. The molecular weight excluding hydrogens is 339 g/mol. The van der Waals surface area contributed by atoms with Crippen LogP contribution in [0.1, 0.15) is 12.5 Å². The molecule has 24 heavy (non-hydrogen) atoms. The lowest BCUT2D eigenvalue weighted by molar-refractivity contribution is -0.137. The fraction of sp³-hybridized carbons (Fsp3) is 0.267. The van der Waals surface area contributed by atoms with E-state index in [9.17, 15) is 13.2 Å². The number of aryl methyl sites for hydroxylation is 1. The summed E-state index contributed by atoms with van der Waals surface area (Å²) < 4.78 is 40.2. The van der Waals surface area contributed by atoms with Gasteiger partial charge < -0.3 is 10.3 Å². The SMILES string of the molecule is CCSc1cc(N)cnc1-c1nc2cc(C(F)(F)F)cnc2n1C. The zero-order valence-corrected chi connectivity index (χ0v) is 13.7. The highest BCUT2D eigenvalue weighted by Gasteiger charge is 2.32. The molecule has 0 saturated carbocycles. The third-order valence-corrected chi connectivity index (χ3v) is 4.33. The minimum Gasteiger partial charge on any atom is -0.397 e. The summed E-state index contributed by atoms with van der Waals surface area (Å²) in [6.07, 6.45) is -2.14. The number of anilines is 1. The number of alkyl halides is 3. The van der Waals surface area contributed by atoms with Crippen molar-refractivity contribution in [3.8, 4) is 11.5 Å². The monoisotopic (exact) mass is 353 g/mol. The van der Waals surface area contributed by atoms with Crippen molar-refractivity contribution < 1.29 is 13.2 Å². The number of pyridine rings is 2. The van der Waals surface area contributed by atoms with Crippen LogP contribution in [0.2, 0.25) is 0 Å². The average Bonchev–Trinajstić information content (AvgIpc) is 2.83. The van der Waals surface area contributed by atoms with E-state index in [1.54, 1.807) is 29.4 Å². The Morgan fingerprint density at radius 3 is 2.62 bits per heavy atom. The van der Waals surface area contributed by atoms with Gasteiger partial charge in [0, 0.05) is 18.1 Å². The van der Waals surface area contributed by atoms with E-state index in [0.717, 1.165) is 22.9 Å². The molecule has 2 N–H and O–H groups in total. The van der Waals surface area contributed by atoms with Crippen molar-refractivity contribution in [3.05, 3.63) is 30.1 Å². The molecule has 0 aliphatic carbocycles. The zero-order valence-electron chi connectivity index (χ0n) is 12.9. The Labute approximate surface area is 140 Å². The zero-order chi connectivity index (χ0) is 17.5. The number of thioether (sulfide) groups is 1. The lowest BCUT2D eigenvalue weighted by Crippen LogP contribution is -2.05. The summed E-state index contributed by atoms with van der Waals surface area (Å²) >= 11 is 1.54. The van der Waals surface area contributed by atoms with Crippen molar-refractivity contribution in [2.75, 3.05) is 11.5 Å². The second kappa shape index (κ2) is 5.97. The van der Waals surface area contributed by atoms with Crippen LogP contribution in [0.3, 0.4) is 0 Å². The minimum absolute atomic E-state index is 0.174. The van der Waals surface area contributed by atoms with Gasteiger partial charge in [0.1, 0.15) is 11.2 Å². The molecule has 5 nitrogen and oxygen atoms in total. The summed E-state index contributed by atoms with van der Waals surface area (Å²) in [5.74, 6) is 1.26. The second-order valence-electron chi connectivity index (χ2n) is 5.11. The maximum atomic E-state index is 12.9. The molecule has 0 atom stereocenters. The van der Waals surface area contributed by atoms with Crippen molar-refractivity contribution in [2.24, 2.45) is 7.05 Å². The number of halogens is 3. The number of aromatic nitrogens is 4. The minimum atomic E-state index is -4.46. The molecule has 126 valence electrons. The Bertz CT molecular complexity index is 904. The summed E-state index contributed by atoms with van der Waals surface area (Å²) in [4.78, 5) is 13.4. The van der Waals surface area contributed by atoms with Crippen molar-refractivity contribution >= 4 is 28.6 Å². The first-order valence-electron chi connectivity index (χ1n) is 7.09. The maximum absolute atomic E-state index is 12.9. The molecular formula is C15H14F3N5S. The van der Waals surface area contributed by atoms with E-state index >= 15 is 0 Å². The van der Waals surface area contributed by atoms with Crippen LogP contribution < -0.4 is 5.73 Å². The van der Waals surface area contributed by atoms with Gasteiger partial charge in [-0.15, -0.1) is 11.8 Å². The standard InChI is InChI=1S/C15H14F3N5S/c1-3-24-11-5-9(19)7-20-12(11)14-22-10-4-8(15(16,17)18)6-21-13(10)23(14)2/h4-7H,3,19H2,1-2H3. The van der Waals surface area contributed by atoms with E-state index in [2.05, 4.69) is 15.0 Å². The normalized spacial score (nSPS) is 12.0. The molecule has 0 aromatic carbocycles. The van der Waals surface area contributed by atoms with Gasteiger partial charge in [-0.25, -0.2) is 15.0 Å². The van der Waals surface area contributed by atoms with E-state index in [1.165, 1.54) is 6.20 Å². The molecule has 0 radical (unpaired) electrons. The summed E-state index contributed by atoms with van der Waals surface area (Å²) in [5.41, 5.74) is 6.58. The van der Waals surface area contributed by atoms with Crippen LogP contribution in [0.15, 0.2) is 29.4 Å². The number of hydrogen-bond donors (Lipinski definition) is 1. The maximum Gasteiger partial charge on any atom is 0.417 e. The van der Waals surface area contributed by atoms with Crippen LogP contribution in [0.4, 0.5) is 18.9 Å². The molecule has 0 spiro atoms. The number of rotatable bonds is 3. The van der Waals surface area contributed by atoms with E-state index < -0.39 is 11.7 Å². The van der Waals surface area contributed by atoms with Crippen LogP contribution in [-0.2, 0) is 13.2 Å². The number of nitrogens with two attached hydrogens (primary N) is 1. The number of fused-ring (bicyclic) bond motifs is 1. The number of nitrogen functional groups attached to an aromatic ring is 1. The van der Waals surface area contributed by atoms with Gasteiger partial charge in [0.05, 0.1) is 17.4 Å². The molecule has 0 amide bonds. The predicted molar refractivity (Wildman–Crippen MR) is 87.6 cm³/mol. The van der Waals surface area contributed by atoms with E-state index in [1.807, 2.05) is 6.92 Å². The quantitative estimate of drug-likeness (QED) is 0.727. The fourth-order valence-electron chi connectivity index (χ4n) is 2.34. The highest BCUT2D eigenvalue weighted by Crippen LogP contribution is 2.34. The molecule has 3 heterocycles. The van der Waals surface area contributed by atoms with Crippen LogP contribution in [0.25, 0.3) is 22.7 Å². The molecule has 0 bridgehead atoms. The predicted octanol–water partition coefficient (Wildman–Crippen LogP) is 3.74. The lowest BCUT2D eigenvalue weighted by Gasteiger charge is -2.08. The molecule has 0 fully saturated rings. The van der Waals surface area contributed by atoms with E-state index in [0.29, 0.717) is 22.9 Å². The third-order valence-electron chi connectivity index (χ3n) is 3.42. The lowest BCUT2D eigenvalue weighted by atomic mass is 10.2. The highest BCUT2D eigenvalue weighted by atomic mass is 32.2. The Morgan fingerprint density at radius 1 is 1.21 bits per heavy atom. The van der Waals surface area contributed by atoms with Crippen molar-refractivity contribution in [1.82, 2.24) is 19.5 Å². The van der Waals surface area contributed by atoms with Crippen molar-refractivity contribution in [3.63, 3.8) is 0 Å². The Morgan fingerprint density at radius 2 is 1.96 bits per heavy atom. The van der Waals surface area contributed by atoms with Crippen LogP contribution in [0, 0.1) is 0 Å². The molecule has 9 heteroatoms. The molecule has 3 rings (SSSR count).